The number of quaternary nitrogens is 1. The summed E-state index contributed by atoms with van der Waals surface area (Å²) in [6, 6.07) is 14.3. The van der Waals surface area contributed by atoms with Crippen LogP contribution in [0.5, 0.6) is 0 Å². The molecule has 0 radical (unpaired) electrons. The fourth-order valence-corrected chi connectivity index (χ4v) is 2.31. The molecule has 3 aromatic rings. The number of likely N-dealkylation sites (N-methyl/N-ethyl adjacent to an activating group) is 1. The maximum atomic E-state index is 4.63. The summed E-state index contributed by atoms with van der Waals surface area (Å²) in [6.45, 7) is 0.950. The zero-order valence-corrected chi connectivity index (χ0v) is 12.9. The van der Waals surface area contributed by atoms with Crippen molar-refractivity contribution in [2.45, 2.75) is 6.42 Å². The number of benzene rings is 1. The third-order valence-electron chi connectivity index (χ3n) is 3.77. The number of nitrogens with zero attached hydrogens (tertiary/aromatic N) is 4. The lowest BCUT2D eigenvalue weighted by Crippen LogP contribution is -2.43. The molecular formula is C17H20N5+. The summed E-state index contributed by atoms with van der Waals surface area (Å²) in [5, 5.41) is 7.38. The van der Waals surface area contributed by atoms with E-state index < -0.39 is 0 Å². The summed E-state index contributed by atoms with van der Waals surface area (Å²) in [7, 11) is 4.27. The Hall–Kier alpha value is -2.53. The van der Waals surface area contributed by atoms with Gasteiger partial charge in [-0.15, -0.1) is 5.10 Å². The number of hydrogen-bond donors (Lipinski definition) is 1. The molecular weight excluding hydrogens is 274 g/mol. The first kappa shape index (κ1) is 14.4. The minimum Gasteiger partial charge on any atom is -0.264 e. The van der Waals surface area contributed by atoms with Crippen molar-refractivity contribution in [3.05, 3.63) is 60.4 Å². The number of H-pyrrole nitrogens is 1. The van der Waals surface area contributed by atoms with Gasteiger partial charge in [0, 0.05) is 24.4 Å². The van der Waals surface area contributed by atoms with Crippen LogP contribution in [0.4, 0.5) is 5.95 Å². The highest BCUT2D eigenvalue weighted by molar-refractivity contribution is 5.54. The third-order valence-corrected chi connectivity index (χ3v) is 3.77. The number of nitrogens with one attached hydrogen (secondary N) is 1. The fourth-order valence-electron chi connectivity index (χ4n) is 2.31. The molecule has 0 atom stereocenters. The van der Waals surface area contributed by atoms with E-state index in [9.17, 15) is 0 Å². The van der Waals surface area contributed by atoms with Crippen LogP contribution in [-0.4, -0.2) is 40.8 Å². The van der Waals surface area contributed by atoms with Gasteiger partial charge in [0.2, 0.25) is 0 Å². The van der Waals surface area contributed by atoms with Gasteiger partial charge in [-0.3, -0.25) is 9.47 Å². The van der Waals surface area contributed by atoms with Gasteiger partial charge in [-0.1, -0.05) is 30.3 Å². The van der Waals surface area contributed by atoms with Crippen LogP contribution >= 0.6 is 0 Å². The van der Waals surface area contributed by atoms with Crippen molar-refractivity contribution in [2.24, 2.45) is 0 Å². The van der Waals surface area contributed by atoms with E-state index in [1.807, 2.05) is 18.2 Å². The van der Waals surface area contributed by atoms with Crippen LogP contribution < -0.4 is 4.48 Å². The van der Waals surface area contributed by atoms with Crippen molar-refractivity contribution >= 4 is 5.95 Å². The zero-order chi connectivity index (χ0) is 15.4. The molecule has 1 N–H and O–H groups in total. The van der Waals surface area contributed by atoms with Gasteiger partial charge in [0.15, 0.2) is 5.82 Å². The van der Waals surface area contributed by atoms with Gasteiger partial charge < -0.3 is 0 Å². The van der Waals surface area contributed by atoms with E-state index in [2.05, 4.69) is 58.5 Å². The van der Waals surface area contributed by atoms with Crippen molar-refractivity contribution in [3.8, 4) is 11.4 Å². The Labute approximate surface area is 130 Å². The number of aromatic amines is 1. The van der Waals surface area contributed by atoms with E-state index in [4.69, 9.17) is 0 Å². The van der Waals surface area contributed by atoms with Crippen molar-refractivity contribution in [2.75, 3.05) is 20.6 Å². The van der Waals surface area contributed by atoms with Crippen molar-refractivity contribution in [3.63, 3.8) is 0 Å². The van der Waals surface area contributed by atoms with Crippen LogP contribution in [0.25, 0.3) is 11.4 Å². The highest BCUT2D eigenvalue weighted by Gasteiger charge is 2.24. The SMILES string of the molecule is C[N+](C)(CCc1ccccc1)c1nc(-c2cccnc2)n[nH]1. The van der Waals surface area contributed by atoms with E-state index >= 15 is 0 Å². The van der Waals surface area contributed by atoms with E-state index in [0.717, 1.165) is 24.5 Å². The van der Waals surface area contributed by atoms with E-state index in [0.29, 0.717) is 10.3 Å². The molecule has 2 heterocycles. The van der Waals surface area contributed by atoms with Crippen molar-refractivity contribution < 1.29 is 0 Å². The molecule has 22 heavy (non-hydrogen) atoms. The number of hydrogen-bond acceptors (Lipinski definition) is 3. The molecule has 1 aromatic carbocycles. The molecule has 0 aliphatic carbocycles. The van der Waals surface area contributed by atoms with E-state index in [1.54, 1.807) is 12.4 Å². The molecule has 5 nitrogen and oxygen atoms in total. The Bertz CT molecular complexity index is 719. The molecule has 3 rings (SSSR count). The molecule has 0 aliphatic rings. The Kier molecular flexibility index (Phi) is 3.98. The van der Waals surface area contributed by atoms with Crippen LogP contribution in [0, 0.1) is 0 Å². The first-order valence-electron chi connectivity index (χ1n) is 7.35. The second kappa shape index (κ2) is 6.07. The van der Waals surface area contributed by atoms with Gasteiger partial charge in [0.25, 0.3) is 0 Å². The standard InChI is InChI=1S/C17H20N5/c1-22(2,12-10-14-7-4-3-5-8-14)17-19-16(20-21-17)15-9-6-11-18-13-15/h3-9,11,13H,10,12H2,1-2H3,(H,19,20,21)/q+1. The quantitative estimate of drug-likeness (QED) is 0.736. The van der Waals surface area contributed by atoms with Gasteiger partial charge in [-0.25, -0.2) is 5.10 Å². The van der Waals surface area contributed by atoms with Crippen LogP contribution in [0.15, 0.2) is 54.9 Å². The number of rotatable bonds is 5. The molecule has 112 valence electrons. The highest BCUT2D eigenvalue weighted by atomic mass is 15.4. The lowest BCUT2D eigenvalue weighted by molar-refractivity contribution is 0.383. The second-order valence-corrected chi connectivity index (χ2v) is 5.87. The minimum atomic E-state index is 0.655. The predicted molar refractivity (Wildman–Crippen MR) is 88.3 cm³/mol. The lowest BCUT2D eigenvalue weighted by Gasteiger charge is -2.25. The van der Waals surface area contributed by atoms with Crippen LogP contribution in [-0.2, 0) is 6.42 Å². The molecule has 0 amide bonds. The Morgan fingerprint density at radius 2 is 1.86 bits per heavy atom. The molecule has 0 saturated heterocycles. The molecule has 5 heteroatoms. The molecule has 0 bridgehead atoms. The molecule has 0 aliphatic heterocycles. The summed E-state index contributed by atoms with van der Waals surface area (Å²) < 4.78 is 0.655. The summed E-state index contributed by atoms with van der Waals surface area (Å²) in [5.74, 6) is 1.55. The van der Waals surface area contributed by atoms with Crippen LogP contribution in [0.1, 0.15) is 5.56 Å². The first-order chi connectivity index (χ1) is 10.6. The van der Waals surface area contributed by atoms with E-state index in [1.165, 1.54) is 5.56 Å². The monoisotopic (exact) mass is 294 g/mol. The summed E-state index contributed by atoms with van der Waals surface area (Å²) in [5.41, 5.74) is 2.26. The highest BCUT2D eigenvalue weighted by Crippen LogP contribution is 2.19. The van der Waals surface area contributed by atoms with Gasteiger partial charge in [-0.05, 0) is 17.7 Å². The smallest absolute Gasteiger partial charge is 0.264 e. The average molecular weight is 294 g/mol. The minimum absolute atomic E-state index is 0.655. The van der Waals surface area contributed by atoms with E-state index in [-0.39, 0.29) is 0 Å². The fraction of sp³-hybridized carbons (Fsp3) is 0.235. The zero-order valence-electron chi connectivity index (χ0n) is 12.9. The lowest BCUT2D eigenvalue weighted by atomic mass is 10.1. The summed E-state index contributed by atoms with van der Waals surface area (Å²) in [6.07, 6.45) is 4.52. The predicted octanol–water partition coefficient (Wildman–Crippen LogP) is 2.68. The van der Waals surface area contributed by atoms with Gasteiger partial charge >= 0.3 is 5.95 Å². The third kappa shape index (κ3) is 3.20. The largest absolute Gasteiger partial charge is 0.324 e. The van der Waals surface area contributed by atoms with Crippen molar-refractivity contribution in [1.82, 2.24) is 24.6 Å². The van der Waals surface area contributed by atoms with Crippen molar-refractivity contribution in [1.29, 1.82) is 0 Å². The molecule has 0 fully saturated rings. The van der Waals surface area contributed by atoms with Gasteiger partial charge in [0.1, 0.15) is 0 Å². The first-order valence-corrected chi connectivity index (χ1v) is 7.35. The topological polar surface area (TPSA) is 54.5 Å². The maximum absolute atomic E-state index is 4.63. The average Bonchev–Trinajstić information content (AvgIpc) is 3.06. The second-order valence-electron chi connectivity index (χ2n) is 5.87. The Morgan fingerprint density at radius 3 is 2.59 bits per heavy atom. The number of pyridine rings is 1. The van der Waals surface area contributed by atoms with Gasteiger partial charge in [-0.2, -0.15) is 4.98 Å². The normalized spacial score (nSPS) is 11.5. The summed E-state index contributed by atoms with van der Waals surface area (Å²) in [4.78, 5) is 8.74. The molecule has 2 aromatic heterocycles. The molecule has 0 spiro atoms. The number of aromatic nitrogens is 4. The summed E-state index contributed by atoms with van der Waals surface area (Å²) >= 11 is 0. The molecule has 0 saturated carbocycles. The Morgan fingerprint density at radius 1 is 1.05 bits per heavy atom. The molecule has 0 unspecified atom stereocenters. The van der Waals surface area contributed by atoms with Gasteiger partial charge in [0.05, 0.1) is 20.6 Å². The van der Waals surface area contributed by atoms with Crippen LogP contribution in [0.2, 0.25) is 0 Å². The van der Waals surface area contributed by atoms with Crippen LogP contribution in [0.3, 0.4) is 0 Å². The maximum Gasteiger partial charge on any atom is 0.324 e. The Balaban J connectivity index is 1.74.